The van der Waals surface area contributed by atoms with Crippen LogP contribution in [0.25, 0.3) is 55.6 Å². The minimum absolute atomic E-state index is 0.454. The number of rotatable bonds is 13. The van der Waals surface area contributed by atoms with Crippen molar-refractivity contribution >= 4 is 34.1 Å². The number of hydrogen-bond donors (Lipinski definition) is 0. The smallest absolute Gasteiger partial charge is 0.0543 e. The molecule has 2 heteroatoms. The molecule has 0 saturated heterocycles. The third kappa shape index (κ3) is 10.0. The average molecular weight is 931 g/mol. The summed E-state index contributed by atoms with van der Waals surface area (Å²) in [7, 11) is 0. The first-order valence-corrected chi connectivity index (χ1v) is 26.1. The molecular weight excluding hydrogens is 869 g/mol. The summed E-state index contributed by atoms with van der Waals surface area (Å²) < 4.78 is 0. The van der Waals surface area contributed by atoms with E-state index < -0.39 is 0 Å². The summed E-state index contributed by atoms with van der Waals surface area (Å²) in [5, 5.41) is 0. The van der Waals surface area contributed by atoms with E-state index in [0.29, 0.717) is 11.8 Å². The largest absolute Gasteiger partial charge is 0.311 e. The topological polar surface area (TPSA) is 6.48 Å². The lowest BCUT2D eigenvalue weighted by molar-refractivity contribution is 0.401. The molecule has 72 heavy (non-hydrogen) atoms. The van der Waals surface area contributed by atoms with Crippen molar-refractivity contribution in [2.24, 2.45) is 5.92 Å². The lowest BCUT2D eigenvalue weighted by Crippen LogP contribution is -2.16. The lowest BCUT2D eigenvalue weighted by Gasteiger charge is -2.32. The van der Waals surface area contributed by atoms with E-state index in [2.05, 4.69) is 278 Å². The molecule has 1 aliphatic rings. The predicted octanol–water partition coefficient (Wildman–Crippen LogP) is 20.2. The highest BCUT2D eigenvalue weighted by Crippen LogP contribution is 2.47. The molecule has 2 atom stereocenters. The quantitative estimate of drug-likeness (QED) is 0.114. The molecule has 0 aromatic heterocycles. The molecule has 2 unspecified atom stereocenters. The standard InChI is InChI=1S/C70H62N2/c1-3-17-52-19-16-18-51(2)68-50-70(72(66-42-32-59(33-43-66)55-24-12-6-13-25-55)67-44-34-60(35-45-67)56-26-14-7-15-27-56)69(49-62(68)48-52)61-36-46-65(47-37-61)71(63-38-28-57(29-39-63)53-20-8-4-9-21-53)64-40-30-58(31-41-64)54-22-10-5-11-23-54/h4-15,20-47,49-52H,3,16-19,48H2,1-2H3. The van der Waals surface area contributed by atoms with Crippen LogP contribution in [0.15, 0.2) is 255 Å². The highest BCUT2D eigenvalue weighted by atomic mass is 15.1. The third-order valence-electron chi connectivity index (χ3n) is 14.9. The van der Waals surface area contributed by atoms with Crippen LogP contribution < -0.4 is 9.80 Å². The van der Waals surface area contributed by atoms with Gasteiger partial charge in [-0.1, -0.05) is 222 Å². The Morgan fingerprint density at radius 3 is 1.06 bits per heavy atom. The fourth-order valence-electron chi connectivity index (χ4n) is 11.0. The predicted molar refractivity (Wildman–Crippen MR) is 307 cm³/mol. The minimum Gasteiger partial charge on any atom is -0.311 e. The summed E-state index contributed by atoms with van der Waals surface area (Å²) in [5.41, 5.74) is 21.9. The van der Waals surface area contributed by atoms with Gasteiger partial charge in [-0.05, 0) is 159 Å². The van der Waals surface area contributed by atoms with Gasteiger partial charge in [0.15, 0.2) is 0 Å². The molecule has 10 aromatic rings. The van der Waals surface area contributed by atoms with Crippen LogP contribution in [0.2, 0.25) is 0 Å². The van der Waals surface area contributed by atoms with Gasteiger partial charge in [-0.2, -0.15) is 0 Å². The van der Waals surface area contributed by atoms with Gasteiger partial charge in [-0.15, -0.1) is 0 Å². The summed E-state index contributed by atoms with van der Waals surface area (Å²) in [6, 6.07) is 93.6. The lowest BCUT2D eigenvalue weighted by atomic mass is 9.79. The fraction of sp³-hybridized carbons (Fsp3) is 0.143. The van der Waals surface area contributed by atoms with Gasteiger partial charge in [0, 0.05) is 34.0 Å². The van der Waals surface area contributed by atoms with Crippen molar-refractivity contribution in [2.75, 3.05) is 9.80 Å². The Morgan fingerprint density at radius 2 is 0.694 bits per heavy atom. The molecule has 352 valence electrons. The Hall–Kier alpha value is -8.20. The van der Waals surface area contributed by atoms with Gasteiger partial charge >= 0.3 is 0 Å². The number of fused-ring (bicyclic) bond motifs is 1. The summed E-state index contributed by atoms with van der Waals surface area (Å²) in [6.45, 7) is 4.80. The summed E-state index contributed by atoms with van der Waals surface area (Å²) in [5.74, 6) is 1.14. The van der Waals surface area contributed by atoms with E-state index >= 15 is 0 Å². The van der Waals surface area contributed by atoms with Crippen molar-refractivity contribution in [3.05, 3.63) is 266 Å². The van der Waals surface area contributed by atoms with E-state index in [4.69, 9.17) is 0 Å². The van der Waals surface area contributed by atoms with Gasteiger partial charge in [0.05, 0.1) is 5.69 Å². The van der Waals surface area contributed by atoms with Gasteiger partial charge in [-0.25, -0.2) is 0 Å². The zero-order valence-electron chi connectivity index (χ0n) is 41.5. The molecule has 0 saturated carbocycles. The van der Waals surface area contributed by atoms with Gasteiger partial charge < -0.3 is 9.80 Å². The van der Waals surface area contributed by atoms with Crippen LogP contribution in [0, 0.1) is 5.92 Å². The Morgan fingerprint density at radius 1 is 0.361 bits per heavy atom. The van der Waals surface area contributed by atoms with Crippen LogP contribution in [0.3, 0.4) is 0 Å². The molecule has 2 nitrogen and oxygen atoms in total. The Kier molecular flexibility index (Phi) is 13.7. The van der Waals surface area contributed by atoms with Crippen molar-refractivity contribution in [1.29, 1.82) is 0 Å². The second-order valence-corrected chi connectivity index (χ2v) is 19.6. The maximum absolute atomic E-state index is 2.58. The van der Waals surface area contributed by atoms with Crippen molar-refractivity contribution in [1.82, 2.24) is 0 Å². The molecule has 0 heterocycles. The van der Waals surface area contributed by atoms with Crippen molar-refractivity contribution < 1.29 is 0 Å². The molecule has 10 aromatic carbocycles. The van der Waals surface area contributed by atoms with E-state index in [1.807, 2.05) is 0 Å². The number of benzene rings is 10. The highest BCUT2D eigenvalue weighted by Gasteiger charge is 2.26. The Balaban J connectivity index is 1.06. The maximum atomic E-state index is 2.58. The van der Waals surface area contributed by atoms with Gasteiger partial charge in [0.25, 0.3) is 0 Å². The van der Waals surface area contributed by atoms with Gasteiger partial charge in [0.2, 0.25) is 0 Å². The van der Waals surface area contributed by atoms with Crippen LogP contribution in [-0.2, 0) is 6.42 Å². The molecular formula is C70H62N2. The second kappa shape index (κ2) is 21.4. The summed E-state index contributed by atoms with van der Waals surface area (Å²) >= 11 is 0. The maximum Gasteiger partial charge on any atom is 0.0543 e. The average Bonchev–Trinajstić information content (AvgIpc) is 3.45. The molecule has 1 aliphatic carbocycles. The molecule has 0 bridgehead atoms. The van der Waals surface area contributed by atoms with Crippen LogP contribution in [0.5, 0.6) is 0 Å². The number of hydrogen-bond acceptors (Lipinski definition) is 2. The molecule has 11 rings (SSSR count). The van der Waals surface area contributed by atoms with E-state index in [-0.39, 0.29) is 0 Å². The van der Waals surface area contributed by atoms with Crippen LogP contribution in [-0.4, -0.2) is 0 Å². The van der Waals surface area contributed by atoms with Crippen LogP contribution in [0.1, 0.15) is 63.0 Å². The molecule has 0 radical (unpaired) electrons. The van der Waals surface area contributed by atoms with E-state index in [1.54, 1.807) is 0 Å². The van der Waals surface area contributed by atoms with Crippen molar-refractivity contribution in [3.63, 3.8) is 0 Å². The molecule has 0 fully saturated rings. The minimum atomic E-state index is 0.454. The molecule has 0 N–H and O–H groups in total. The normalized spacial score (nSPS) is 14.4. The first-order valence-electron chi connectivity index (χ1n) is 26.1. The highest BCUT2D eigenvalue weighted by molar-refractivity contribution is 5.91. The molecule has 0 spiro atoms. The Labute approximate surface area is 427 Å². The van der Waals surface area contributed by atoms with Crippen LogP contribution in [0.4, 0.5) is 34.1 Å². The van der Waals surface area contributed by atoms with Crippen molar-refractivity contribution in [3.8, 4) is 55.6 Å². The first kappa shape index (κ1) is 46.2. The van der Waals surface area contributed by atoms with Gasteiger partial charge in [0.1, 0.15) is 0 Å². The molecule has 0 amide bonds. The van der Waals surface area contributed by atoms with E-state index in [1.165, 1.54) is 105 Å². The van der Waals surface area contributed by atoms with E-state index in [9.17, 15) is 0 Å². The third-order valence-corrected chi connectivity index (χ3v) is 14.9. The van der Waals surface area contributed by atoms with Crippen molar-refractivity contribution in [2.45, 2.75) is 58.3 Å². The summed E-state index contributed by atoms with van der Waals surface area (Å²) in [4.78, 5) is 4.90. The zero-order chi connectivity index (χ0) is 48.6. The zero-order valence-corrected chi connectivity index (χ0v) is 41.5. The van der Waals surface area contributed by atoms with Crippen LogP contribution >= 0.6 is 0 Å². The SMILES string of the molecule is CCCC1CCCC(C)c2cc(N(c3ccc(-c4ccccc4)cc3)c3ccc(-c4ccccc4)cc3)c(-c3ccc(N(c4ccc(-c5ccccc5)cc4)c4ccc(-c5ccccc5)cc4)cc3)cc2C1. The number of nitrogens with zero attached hydrogens (tertiary/aromatic N) is 2. The number of anilines is 6. The summed E-state index contributed by atoms with van der Waals surface area (Å²) in [6.07, 6.45) is 7.37. The molecule has 0 aliphatic heterocycles. The fourth-order valence-corrected chi connectivity index (χ4v) is 11.0. The first-order chi connectivity index (χ1) is 35.6. The Bertz CT molecular complexity index is 3150. The van der Waals surface area contributed by atoms with Gasteiger partial charge in [-0.3, -0.25) is 0 Å². The monoisotopic (exact) mass is 930 g/mol. The van der Waals surface area contributed by atoms with E-state index in [0.717, 1.165) is 34.9 Å². The second-order valence-electron chi connectivity index (χ2n) is 19.6.